The Hall–Kier alpha value is -7.83. The highest BCUT2D eigenvalue weighted by Gasteiger charge is 2.37. The summed E-state index contributed by atoms with van der Waals surface area (Å²) in [5, 5.41) is 2.47. The maximum atomic E-state index is 6.56. The smallest absolute Gasteiger partial charge is 0.170 e. The average Bonchev–Trinajstić information content (AvgIpc) is 3.75. The highest BCUT2D eigenvalue weighted by molar-refractivity contribution is 6.09. The lowest BCUT2D eigenvalue weighted by molar-refractivity contribution is 0.359. The minimum Gasteiger partial charge on any atom is -0.450 e. The number of hydrogen-bond acceptors (Lipinski definition) is 5. The van der Waals surface area contributed by atoms with Crippen molar-refractivity contribution in [3.8, 4) is 85.1 Å². The average molecular weight is 773 g/mol. The molecule has 0 unspecified atom stereocenters. The van der Waals surface area contributed by atoms with Crippen molar-refractivity contribution in [2.24, 2.45) is 0 Å². The molecule has 0 radical (unpaired) electrons. The quantitative estimate of drug-likeness (QED) is 0.174. The van der Waals surface area contributed by atoms with Gasteiger partial charge in [0, 0.05) is 38.6 Å². The van der Waals surface area contributed by atoms with E-state index in [4.69, 9.17) is 24.4 Å². The zero-order chi connectivity index (χ0) is 40.0. The van der Waals surface area contributed by atoms with Crippen LogP contribution in [0.5, 0.6) is 23.0 Å². The monoisotopic (exact) mass is 772 g/mol. The molecule has 0 fully saturated rings. The molecule has 0 bridgehead atoms. The van der Waals surface area contributed by atoms with Gasteiger partial charge in [0.2, 0.25) is 0 Å². The van der Waals surface area contributed by atoms with E-state index in [1.165, 1.54) is 44.1 Å². The van der Waals surface area contributed by atoms with Crippen LogP contribution >= 0.6 is 0 Å². The second-order valence-corrected chi connectivity index (χ2v) is 16.0. The van der Waals surface area contributed by atoms with Crippen molar-refractivity contribution in [1.82, 2.24) is 19.5 Å². The molecule has 1 aliphatic carbocycles. The molecule has 0 atom stereocenters. The van der Waals surface area contributed by atoms with Crippen LogP contribution < -0.4 is 9.47 Å². The van der Waals surface area contributed by atoms with Crippen LogP contribution in [0.3, 0.4) is 0 Å². The topological polar surface area (TPSA) is 62.1 Å². The largest absolute Gasteiger partial charge is 0.450 e. The molecule has 10 aromatic rings. The molecule has 60 heavy (non-hydrogen) atoms. The van der Waals surface area contributed by atoms with Crippen molar-refractivity contribution in [2.45, 2.75) is 19.3 Å². The highest BCUT2D eigenvalue weighted by Crippen LogP contribution is 2.55. The Morgan fingerprint density at radius 3 is 1.57 bits per heavy atom. The van der Waals surface area contributed by atoms with Gasteiger partial charge in [-0.25, -0.2) is 15.0 Å². The zero-order valence-electron chi connectivity index (χ0n) is 32.9. The first-order valence-electron chi connectivity index (χ1n) is 20.3. The van der Waals surface area contributed by atoms with Gasteiger partial charge in [-0.05, 0) is 94.0 Å². The first kappa shape index (κ1) is 34.2. The third-order valence-corrected chi connectivity index (χ3v) is 12.1. The molecule has 12 rings (SSSR count). The Bertz CT molecular complexity index is 3280. The molecule has 0 N–H and O–H groups in total. The van der Waals surface area contributed by atoms with Crippen LogP contribution in [0, 0.1) is 0 Å². The maximum Gasteiger partial charge on any atom is 0.170 e. The number of para-hydroxylation sites is 2. The van der Waals surface area contributed by atoms with Crippen LogP contribution in [-0.2, 0) is 5.41 Å². The van der Waals surface area contributed by atoms with Crippen molar-refractivity contribution >= 4 is 21.8 Å². The van der Waals surface area contributed by atoms with Crippen molar-refractivity contribution in [3.05, 3.63) is 193 Å². The molecule has 0 amide bonds. The van der Waals surface area contributed by atoms with E-state index in [0.29, 0.717) is 29.0 Å². The van der Waals surface area contributed by atoms with Crippen LogP contribution in [0.15, 0.2) is 182 Å². The molecule has 6 heteroatoms. The van der Waals surface area contributed by atoms with E-state index in [9.17, 15) is 0 Å². The Morgan fingerprint density at radius 1 is 0.383 bits per heavy atom. The third-order valence-electron chi connectivity index (χ3n) is 12.1. The SMILES string of the molecule is CC1(C)c2ccccc2-c2cc3c(cc21)Oc1ccc(-c2ccc(-c4nc(-c5ccccc5)nc(-c5ccc(-n6c7ccccc7c7ccccc76)cc5)n4)cc2)cc1O3. The van der Waals surface area contributed by atoms with Gasteiger partial charge in [0.1, 0.15) is 0 Å². The Labute approximate surface area is 347 Å². The lowest BCUT2D eigenvalue weighted by Gasteiger charge is -2.25. The molecule has 6 nitrogen and oxygen atoms in total. The standard InChI is InChI=1S/C54H36N4O2/c1-54(2)43-17-9-6-14-39(43)42-31-49-50(32-44(42)54)59-47-29-26-37(30-48(47)60-49)33-20-22-35(23-21-33)52-55-51(34-12-4-3-5-13-34)56-53(57-52)36-24-27-38(28-25-36)58-45-18-10-7-15-40(45)41-16-8-11-19-46(41)58/h3-32H,1-2H3. The maximum absolute atomic E-state index is 6.56. The Balaban J connectivity index is 0.868. The molecule has 2 aromatic heterocycles. The van der Waals surface area contributed by atoms with Gasteiger partial charge in [0.25, 0.3) is 0 Å². The number of benzene rings is 8. The van der Waals surface area contributed by atoms with E-state index in [1.807, 2.05) is 36.4 Å². The molecular formula is C54H36N4O2. The summed E-state index contributed by atoms with van der Waals surface area (Å²) in [5.74, 6) is 4.69. The number of aromatic nitrogens is 4. The number of hydrogen-bond donors (Lipinski definition) is 0. The number of ether oxygens (including phenoxy) is 2. The first-order valence-corrected chi connectivity index (χ1v) is 20.3. The molecule has 0 saturated heterocycles. The van der Waals surface area contributed by atoms with Gasteiger partial charge in [0.15, 0.2) is 40.5 Å². The first-order chi connectivity index (χ1) is 29.5. The van der Waals surface area contributed by atoms with Crippen LogP contribution in [0.25, 0.3) is 83.9 Å². The molecule has 1 aliphatic heterocycles. The van der Waals surface area contributed by atoms with Crippen molar-refractivity contribution in [2.75, 3.05) is 0 Å². The van der Waals surface area contributed by atoms with Gasteiger partial charge in [0.05, 0.1) is 11.0 Å². The lowest BCUT2D eigenvalue weighted by Crippen LogP contribution is -2.15. The van der Waals surface area contributed by atoms with Crippen LogP contribution in [-0.4, -0.2) is 19.5 Å². The number of nitrogens with zero attached hydrogens (tertiary/aromatic N) is 4. The summed E-state index contributed by atoms with van der Waals surface area (Å²) in [5.41, 5.74) is 13.1. The van der Waals surface area contributed by atoms with Crippen molar-refractivity contribution in [3.63, 3.8) is 0 Å². The zero-order valence-corrected chi connectivity index (χ0v) is 32.9. The Morgan fingerprint density at radius 2 is 0.883 bits per heavy atom. The van der Waals surface area contributed by atoms with Crippen LogP contribution in [0.4, 0.5) is 0 Å². The predicted octanol–water partition coefficient (Wildman–Crippen LogP) is 13.8. The molecule has 284 valence electrons. The van der Waals surface area contributed by atoms with E-state index < -0.39 is 0 Å². The summed E-state index contributed by atoms with van der Waals surface area (Å²) in [7, 11) is 0. The van der Waals surface area contributed by atoms with E-state index in [0.717, 1.165) is 45.0 Å². The summed E-state index contributed by atoms with van der Waals surface area (Å²) < 4.78 is 15.3. The molecule has 2 aliphatic rings. The van der Waals surface area contributed by atoms with Gasteiger partial charge in [-0.15, -0.1) is 0 Å². The minimum atomic E-state index is -0.118. The third kappa shape index (κ3) is 5.38. The Kier molecular flexibility index (Phi) is 7.47. The molecular weight excluding hydrogens is 737 g/mol. The van der Waals surface area contributed by atoms with Gasteiger partial charge in [-0.3, -0.25) is 0 Å². The second kappa shape index (κ2) is 13.1. The van der Waals surface area contributed by atoms with Gasteiger partial charge in [-0.1, -0.05) is 135 Å². The minimum absolute atomic E-state index is 0.118. The summed E-state index contributed by atoms with van der Waals surface area (Å²) in [6.07, 6.45) is 0. The molecule has 8 aromatic carbocycles. The summed E-state index contributed by atoms with van der Waals surface area (Å²) in [6, 6.07) is 63.1. The van der Waals surface area contributed by atoms with Crippen molar-refractivity contribution in [1.29, 1.82) is 0 Å². The normalized spacial score (nSPS) is 13.2. The van der Waals surface area contributed by atoms with Crippen LogP contribution in [0.1, 0.15) is 25.0 Å². The molecule has 0 spiro atoms. The highest BCUT2D eigenvalue weighted by atomic mass is 16.6. The molecule has 0 saturated carbocycles. The summed E-state index contributed by atoms with van der Waals surface area (Å²) in [4.78, 5) is 15.0. The number of fused-ring (bicyclic) bond motifs is 8. The fourth-order valence-corrected chi connectivity index (χ4v) is 9.08. The van der Waals surface area contributed by atoms with Crippen LogP contribution in [0.2, 0.25) is 0 Å². The fraction of sp³-hybridized carbons (Fsp3) is 0.0556. The van der Waals surface area contributed by atoms with E-state index in [2.05, 4.69) is 164 Å². The van der Waals surface area contributed by atoms with Gasteiger partial charge in [-0.2, -0.15) is 0 Å². The molecule has 3 heterocycles. The van der Waals surface area contributed by atoms with Gasteiger partial charge < -0.3 is 14.0 Å². The fourth-order valence-electron chi connectivity index (χ4n) is 9.08. The summed E-state index contributed by atoms with van der Waals surface area (Å²) in [6.45, 7) is 4.54. The lowest BCUT2D eigenvalue weighted by atomic mass is 9.82. The number of rotatable bonds is 5. The van der Waals surface area contributed by atoms with E-state index in [-0.39, 0.29) is 5.41 Å². The summed E-state index contributed by atoms with van der Waals surface area (Å²) >= 11 is 0. The van der Waals surface area contributed by atoms with Crippen molar-refractivity contribution < 1.29 is 9.47 Å². The predicted molar refractivity (Wildman–Crippen MR) is 240 cm³/mol. The van der Waals surface area contributed by atoms with E-state index >= 15 is 0 Å². The second-order valence-electron chi connectivity index (χ2n) is 16.0. The van der Waals surface area contributed by atoms with Gasteiger partial charge >= 0.3 is 0 Å². The van der Waals surface area contributed by atoms with E-state index in [1.54, 1.807) is 0 Å².